The third-order valence-electron chi connectivity index (χ3n) is 2.67. The monoisotopic (exact) mass is 275 g/mol. The van der Waals surface area contributed by atoms with Crippen LogP contribution < -0.4 is 5.32 Å². The van der Waals surface area contributed by atoms with E-state index in [2.05, 4.69) is 11.2 Å². The summed E-state index contributed by atoms with van der Waals surface area (Å²) in [6.07, 6.45) is 4.13. The molecule has 0 aromatic heterocycles. The number of carbonyl (C=O) groups excluding carboxylic acids is 2. The third kappa shape index (κ3) is 5.55. The lowest BCUT2D eigenvalue weighted by Gasteiger charge is -2.19. The second kappa shape index (κ2) is 8.73. The summed E-state index contributed by atoms with van der Waals surface area (Å²) in [7, 11) is 0. The van der Waals surface area contributed by atoms with Gasteiger partial charge in [-0.15, -0.1) is 12.3 Å². The minimum Gasteiger partial charge on any atom is -0.445 e. The Morgan fingerprint density at radius 2 is 2.15 bits per heavy atom. The van der Waals surface area contributed by atoms with Gasteiger partial charge in [0, 0.05) is 6.42 Å². The van der Waals surface area contributed by atoms with Gasteiger partial charge in [-0.3, -0.25) is 0 Å². The first-order valence-corrected chi connectivity index (χ1v) is 6.21. The quantitative estimate of drug-likeness (QED) is 0.580. The van der Waals surface area contributed by atoms with E-state index in [1.807, 2.05) is 30.3 Å². The van der Waals surface area contributed by atoms with Gasteiger partial charge in [-0.1, -0.05) is 30.3 Å². The largest absolute Gasteiger partial charge is 0.445 e. The van der Waals surface area contributed by atoms with Crippen molar-refractivity contribution in [2.24, 2.45) is 0 Å². The second-order valence-corrected chi connectivity index (χ2v) is 4.18. The lowest BCUT2D eigenvalue weighted by atomic mass is 10.1. The second-order valence-electron chi connectivity index (χ2n) is 4.18. The predicted octanol–water partition coefficient (Wildman–Crippen LogP) is 1.25. The Labute approximate surface area is 117 Å². The highest BCUT2D eigenvalue weighted by molar-refractivity contribution is 5.69. The number of hydrogen-bond donors (Lipinski definition) is 2. The number of hydrogen-bond acceptors (Lipinski definition) is 4. The fraction of sp³-hybridized carbons (Fsp3) is 0.333. The van der Waals surface area contributed by atoms with Crippen molar-refractivity contribution in [2.75, 3.05) is 0 Å². The van der Waals surface area contributed by atoms with Gasteiger partial charge in [0.1, 0.15) is 12.7 Å². The van der Waals surface area contributed by atoms with Crippen molar-refractivity contribution in [3.8, 4) is 12.3 Å². The average Bonchev–Trinajstić information content (AvgIpc) is 2.49. The van der Waals surface area contributed by atoms with Crippen LogP contribution in [0.2, 0.25) is 0 Å². The van der Waals surface area contributed by atoms with Crippen molar-refractivity contribution >= 4 is 12.4 Å². The first-order valence-electron chi connectivity index (χ1n) is 6.21. The van der Waals surface area contributed by atoms with Crippen LogP contribution in [0, 0.1) is 12.3 Å². The van der Waals surface area contributed by atoms with Crippen molar-refractivity contribution in [1.29, 1.82) is 0 Å². The van der Waals surface area contributed by atoms with Crippen molar-refractivity contribution in [3.63, 3.8) is 0 Å². The Balaban J connectivity index is 2.45. The summed E-state index contributed by atoms with van der Waals surface area (Å²) >= 11 is 0. The van der Waals surface area contributed by atoms with Crippen molar-refractivity contribution in [3.05, 3.63) is 35.9 Å². The van der Waals surface area contributed by atoms with Gasteiger partial charge in [0.25, 0.3) is 0 Å². The van der Waals surface area contributed by atoms with Gasteiger partial charge in [-0.05, 0) is 12.0 Å². The number of alkyl carbamates (subject to hydrolysis) is 1. The molecule has 0 saturated heterocycles. The molecule has 1 aromatic carbocycles. The Kier molecular flexibility index (Phi) is 6.87. The maximum absolute atomic E-state index is 11.6. The zero-order chi connectivity index (χ0) is 14.8. The molecule has 5 heteroatoms. The number of nitrogens with one attached hydrogen (secondary N) is 1. The minimum atomic E-state index is -1.30. The fourth-order valence-electron chi connectivity index (χ4n) is 1.58. The number of ether oxygens (including phenoxy) is 1. The molecule has 0 spiro atoms. The molecule has 2 N–H and O–H groups in total. The van der Waals surface area contributed by atoms with E-state index in [-0.39, 0.29) is 6.61 Å². The molecule has 0 saturated carbocycles. The molecule has 20 heavy (non-hydrogen) atoms. The number of terminal acetylenes is 1. The van der Waals surface area contributed by atoms with Gasteiger partial charge in [-0.25, -0.2) is 4.79 Å². The highest BCUT2D eigenvalue weighted by Crippen LogP contribution is 2.04. The summed E-state index contributed by atoms with van der Waals surface area (Å²) in [5, 5.41) is 11.9. The van der Waals surface area contributed by atoms with E-state index >= 15 is 0 Å². The molecule has 0 aliphatic rings. The maximum atomic E-state index is 11.6. The zero-order valence-electron chi connectivity index (χ0n) is 11.0. The van der Waals surface area contributed by atoms with E-state index in [0.29, 0.717) is 19.1 Å². The van der Waals surface area contributed by atoms with E-state index in [1.165, 1.54) is 0 Å². The van der Waals surface area contributed by atoms with E-state index in [9.17, 15) is 14.7 Å². The Morgan fingerprint density at radius 3 is 2.75 bits per heavy atom. The van der Waals surface area contributed by atoms with Crippen LogP contribution in [0.4, 0.5) is 4.79 Å². The molecule has 1 amide bonds. The lowest BCUT2D eigenvalue weighted by Crippen LogP contribution is -2.44. The summed E-state index contributed by atoms with van der Waals surface area (Å²) in [5.74, 6) is 2.39. The summed E-state index contributed by atoms with van der Waals surface area (Å²) in [6, 6.07) is 8.43. The van der Waals surface area contributed by atoms with Crippen molar-refractivity contribution in [1.82, 2.24) is 5.32 Å². The van der Waals surface area contributed by atoms with E-state index in [4.69, 9.17) is 11.2 Å². The summed E-state index contributed by atoms with van der Waals surface area (Å²) < 4.78 is 5.00. The first kappa shape index (κ1) is 15.7. The van der Waals surface area contributed by atoms with Gasteiger partial charge in [0.05, 0.1) is 6.04 Å². The summed E-state index contributed by atoms with van der Waals surface area (Å²) in [4.78, 5) is 22.2. The normalized spacial score (nSPS) is 12.8. The third-order valence-corrected chi connectivity index (χ3v) is 2.67. The minimum absolute atomic E-state index is 0.117. The predicted molar refractivity (Wildman–Crippen MR) is 73.7 cm³/mol. The number of aldehydes is 1. The topological polar surface area (TPSA) is 75.6 Å². The highest BCUT2D eigenvalue weighted by Gasteiger charge is 2.20. The van der Waals surface area contributed by atoms with Gasteiger partial charge in [0.2, 0.25) is 0 Å². The van der Waals surface area contributed by atoms with Crippen LogP contribution in [0.25, 0.3) is 0 Å². The van der Waals surface area contributed by atoms with Crippen molar-refractivity contribution in [2.45, 2.75) is 31.6 Å². The maximum Gasteiger partial charge on any atom is 0.407 e. The van der Waals surface area contributed by atoms with Crippen LogP contribution in [0.1, 0.15) is 18.4 Å². The van der Waals surface area contributed by atoms with Gasteiger partial charge in [0.15, 0.2) is 6.29 Å². The molecule has 0 fully saturated rings. The van der Waals surface area contributed by atoms with Crippen LogP contribution in [-0.4, -0.2) is 29.6 Å². The molecule has 5 nitrogen and oxygen atoms in total. The SMILES string of the molecule is C#CCC[C@H](NC(=O)OCc1ccccc1)[C@@H](O)C=O. The molecule has 0 aliphatic heterocycles. The number of rotatable bonds is 7. The average molecular weight is 275 g/mol. The van der Waals surface area contributed by atoms with Crippen molar-refractivity contribution < 1.29 is 19.4 Å². The molecule has 2 atom stereocenters. The van der Waals surface area contributed by atoms with Crippen LogP contribution in [0.3, 0.4) is 0 Å². The number of aliphatic hydroxyl groups excluding tert-OH is 1. The van der Waals surface area contributed by atoms with Gasteiger partial charge < -0.3 is 20.0 Å². The van der Waals surface area contributed by atoms with Crippen LogP contribution in [0.5, 0.6) is 0 Å². The summed E-state index contributed by atoms with van der Waals surface area (Å²) in [6.45, 7) is 0.117. The van der Waals surface area contributed by atoms with Gasteiger partial charge in [-0.2, -0.15) is 0 Å². The molecule has 0 heterocycles. The molecule has 1 aromatic rings. The first-order chi connectivity index (χ1) is 9.67. The molecule has 0 aliphatic carbocycles. The van der Waals surface area contributed by atoms with E-state index in [0.717, 1.165) is 5.56 Å². The van der Waals surface area contributed by atoms with Crippen LogP contribution in [0.15, 0.2) is 30.3 Å². The highest BCUT2D eigenvalue weighted by atomic mass is 16.5. The number of carbonyl (C=O) groups is 2. The molecule has 1 rings (SSSR count). The molecule has 0 unspecified atom stereocenters. The summed E-state index contributed by atoms with van der Waals surface area (Å²) in [5.41, 5.74) is 0.846. The molecule has 106 valence electrons. The Morgan fingerprint density at radius 1 is 1.45 bits per heavy atom. The number of benzene rings is 1. The lowest BCUT2D eigenvalue weighted by molar-refractivity contribution is -0.116. The molecular weight excluding hydrogens is 258 g/mol. The fourth-order valence-corrected chi connectivity index (χ4v) is 1.58. The smallest absolute Gasteiger partial charge is 0.407 e. The van der Waals surface area contributed by atoms with E-state index < -0.39 is 18.2 Å². The zero-order valence-corrected chi connectivity index (χ0v) is 11.0. The van der Waals surface area contributed by atoms with Crippen LogP contribution >= 0.6 is 0 Å². The standard InChI is InChI=1S/C15H17NO4/c1-2-3-9-13(14(18)10-17)16-15(19)20-11-12-7-5-4-6-8-12/h1,4-8,10,13-14,18H,3,9,11H2,(H,16,19)/t13-,14-/m0/s1. The molecular formula is C15H17NO4. The van der Waals surface area contributed by atoms with Gasteiger partial charge >= 0.3 is 6.09 Å². The molecule has 0 radical (unpaired) electrons. The molecule has 0 bridgehead atoms. The Hall–Kier alpha value is -2.32. The number of aliphatic hydroxyl groups is 1. The van der Waals surface area contributed by atoms with Crippen LogP contribution in [-0.2, 0) is 16.1 Å². The van der Waals surface area contributed by atoms with E-state index in [1.54, 1.807) is 0 Å². The number of amides is 1. The Bertz CT molecular complexity index is 467.